The zero-order valence-corrected chi connectivity index (χ0v) is 11.3. The number of nitrogens with one attached hydrogen (secondary N) is 3. The molecule has 0 spiro atoms. The number of nitrogens with zero attached hydrogens (tertiary/aromatic N) is 1. The summed E-state index contributed by atoms with van der Waals surface area (Å²) < 4.78 is 0. The van der Waals surface area contributed by atoms with E-state index in [1.807, 2.05) is 6.92 Å². The van der Waals surface area contributed by atoms with E-state index in [-0.39, 0.29) is 24.4 Å². The second kappa shape index (κ2) is 6.56. The van der Waals surface area contributed by atoms with E-state index in [0.717, 1.165) is 30.6 Å². The summed E-state index contributed by atoms with van der Waals surface area (Å²) in [7, 11) is 0. The number of H-pyrrole nitrogens is 1. The van der Waals surface area contributed by atoms with Gasteiger partial charge in [0.15, 0.2) is 5.69 Å². The van der Waals surface area contributed by atoms with E-state index >= 15 is 0 Å². The van der Waals surface area contributed by atoms with Crippen LogP contribution < -0.4 is 10.6 Å². The molecule has 6 heteroatoms. The van der Waals surface area contributed by atoms with Crippen LogP contribution in [0, 0.1) is 0 Å². The molecule has 1 aromatic heterocycles. The molecule has 0 bridgehead atoms. The Morgan fingerprint density at radius 1 is 1.67 bits per heavy atom. The van der Waals surface area contributed by atoms with Gasteiger partial charge >= 0.3 is 0 Å². The summed E-state index contributed by atoms with van der Waals surface area (Å²) >= 11 is 0. The van der Waals surface area contributed by atoms with E-state index < -0.39 is 0 Å². The third-order valence-electron chi connectivity index (χ3n) is 2.92. The summed E-state index contributed by atoms with van der Waals surface area (Å²) in [4.78, 5) is 12.0. The first-order chi connectivity index (χ1) is 8.22. The van der Waals surface area contributed by atoms with Gasteiger partial charge in [0.1, 0.15) is 0 Å². The lowest BCUT2D eigenvalue weighted by Crippen LogP contribution is -2.34. The number of amides is 1. The van der Waals surface area contributed by atoms with Crippen molar-refractivity contribution in [3.8, 4) is 0 Å². The lowest BCUT2D eigenvalue weighted by atomic mass is 10.1. The van der Waals surface area contributed by atoms with Crippen LogP contribution in [-0.2, 0) is 13.0 Å². The summed E-state index contributed by atoms with van der Waals surface area (Å²) in [6.45, 7) is 7.26. The zero-order chi connectivity index (χ0) is 12.3. The lowest BCUT2D eigenvalue weighted by Gasteiger charge is -2.14. The van der Waals surface area contributed by atoms with Crippen LogP contribution in [0.15, 0.2) is 12.7 Å². The van der Waals surface area contributed by atoms with E-state index in [0.29, 0.717) is 12.2 Å². The first kappa shape index (κ1) is 14.7. The molecule has 0 aromatic carbocycles. The van der Waals surface area contributed by atoms with Crippen molar-refractivity contribution in [1.82, 2.24) is 20.8 Å². The average molecular weight is 271 g/mol. The maximum atomic E-state index is 12.0. The van der Waals surface area contributed by atoms with Gasteiger partial charge in [-0.05, 0) is 13.3 Å². The van der Waals surface area contributed by atoms with Gasteiger partial charge in [0.2, 0.25) is 0 Å². The molecule has 1 unspecified atom stereocenters. The van der Waals surface area contributed by atoms with Gasteiger partial charge in [-0.15, -0.1) is 19.0 Å². The number of fused-ring (bicyclic) bond motifs is 1. The topological polar surface area (TPSA) is 69.8 Å². The van der Waals surface area contributed by atoms with Crippen molar-refractivity contribution in [3.63, 3.8) is 0 Å². The molecule has 0 saturated heterocycles. The minimum Gasteiger partial charge on any atom is -0.348 e. The first-order valence-corrected chi connectivity index (χ1v) is 5.91. The number of carbonyl (C=O) groups excluding carboxylic acids is 1. The van der Waals surface area contributed by atoms with Crippen LogP contribution in [0.25, 0.3) is 0 Å². The largest absolute Gasteiger partial charge is 0.348 e. The average Bonchev–Trinajstić information content (AvgIpc) is 2.72. The number of aromatic amines is 1. The van der Waals surface area contributed by atoms with Gasteiger partial charge in [-0.2, -0.15) is 5.10 Å². The number of hydrogen-bond acceptors (Lipinski definition) is 3. The second-order valence-electron chi connectivity index (χ2n) is 4.35. The Morgan fingerprint density at radius 2 is 2.44 bits per heavy atom. The second-order valence-corrected chi connectivity index (χ2v) is 4.35. The van der Waals surface area contributed by atoms with E-state index in [9.17, 15) is 4.79 Å². The van der Waals surface area contributed by atoms with Gasteiger partial charge in [-0.25, -0.2) is 0 Å². The molecule has 0 saturated carbocycles. The third-order valence-corrected chi connectivity index (χ3v) is 2.92. The number of halogens is 1. The summed E-state index contributed by atoms with van der Waals surface area (Å²) in [5, 5.41) is 13.2. The fourth-order valence-corrected chi connectivity index (χ4v) is 2.01. The fourth-order valence-electron chi connectivity index (χ4n) is 2.01. The predicted octanol–water partition coefficient (Wildman–Crippen LogP) is 1.17. The van der Waals surface area contributed by atoms with E-state index in [1.54, 1.807) is 6.08 Å². The molecule has 1 amide bonds. The van der Waals surface area contributed by atoms with Crippen molar-refractivity contribution in [1.29, 1.82) is 0 Å². The highest BCUT2D eigenvalue weighted by Gasteiger charge is 2.21. The van der Waals surface area contributed by atoms with E-state index in [1.165, 1.54) is 0 Å². The highest BCUT2D eigenvalue weighted by Crippen LogP contribution is 2.15. The Bertz CT molecular complexity index is 430. The third kappa shape index (κ3) is 3.11. The molecule has 0 aliphatic carbocycles. The van der Waals surface area contributed by atoms with Crippen molar-refractivity contribution in [2.45, 2.75) is 32.4 Å². The Morgan fingerprint density at radius 3 is 3.17 bits per heavy atom. The summed E-state index contributed by atoms with van der Waals surface area (Å²) in [5.41, 5.74) is 2.59. The molecule has 1 aliphatic heterocycles. The zero-order valence-electron chi connectivity index (χ0n) is 10.5. The van der Waals surface area contributed by atoms with Crippen LogP contribution >= 0.6 is 12.4 Å². The molecular weight excluding hydrogens is 252 g/mol. The predicted molar refractivity (Wildman–Crippen MR) is 73.0 cm³/mol. The van der Waals surface area contributed by atoms with Crippen LogP contribution in [0.2, 0.25) is 0 Å². The monoisotopic (exact) mass is 270 g/mol. The molecule has 18 heavy (non-hydrogen) atoms. The van der Waals surface area contributed by atoms with Crippen molar-refractivity contribution in [2.24, 2.45) is 0 Å². The molecule has 100 valence electrons. The highest BCUT2D eigenvalue weighted by atomic mass is 35.5. The maximum absolute atomic E-state index is 12.0. The van der Waals surface area contributed by atoms with Crippen LogP contribution in [0.5, 0.6) is 0 Å². The highest BCUT2D eigenvalue weighted by molar-refractivity contribution is 5.94. The quantitative estimate of drug-likeness (QED) is 0.720. The number of carbonyl (C=O) groups is 1. The van der Waals surface area contributed by atoms with Gasteiger partial charge in [0, 0.05) is 36.8 Å². The molecule has 1 atom stereocenters. The Kier molecular flexibility index (Phi) is 5.37. The SMILES string of the molecule is C=CCC(C)NC(=O)c1n[nH]c2c1CNCC2.Cl. The number of hydrogen-bond donors (Lipinski definition) is 3. The number of rotatable bonds is 4. The van der Waals surface area contributed by atoms with Crippen LogP contribution in [0.4, 0.5) is 0 Å². The van der Waals surface area contributed by atoms with Gasteiger partial charge in [0.25, 0.3) is 5.91 Å². The lowest BCUT2D eigenvalue weighted by molar-refractivity contribution is 0.0934. The molecule has 0 fully saturated rings. The molecule has 2 rings (SSSR count). The summed E-state index contributed by atoms with van der Waals surface area (Å²) in [6, 6.07) is 0.0869. The van der Waals surface area contributed by atoms with Gasteiger partial charge < -0.3 is 10.6 Å². The molecule has 0 radical (unpaired) electrons. The fraction of sp³-hybridized carbons (Fsp3) is 0.500. The molecular formula is C12H19ClN4O. The van der Waals surface area contributed by atoms with Crippen LogP contribution in [0.3, 0.4) is 0 Å². The van der Waals surface area contributed by atoms with Crippen molar-refractivity contribution >= 4 is 18.3 Å². The van der Waals surface area contributed by atoms with Gasteiger partial charge in [0.05, 0.1) is 0 Å². The maximum Gasteiger partial charge on any atom is 0.272 e. The summed E-state index contributed by atoms with van der Waals surface area (Å²) in [5.74, 6) is -0.111. The molecule has 1 aliphatic rings. The van der Waals surface area contributed by atoms with Crippen molar-refractivity contribution in [3.05, 3.63) is 29.6 Å². The van der Waals surface area contributed by atoms with Crippen molar-refractivity contribution in [2.75, 3.05) is 6.54 Å². The Balaban J connectivity index is 0.00000162. The summed E-state index contributed by atoms with van der Waals surface area (Å²) in [6.07, 6.45) is 3.46. The first-order valence-electron chi connectivity index (χ1n) is 5.91. The molecule has 1 aromatic rings. The molecule has 2 heterocycles. The van der Waals surface area contributed by atoms with Crippen molar-refractivity contribution < 1.29 is 4.79 Å². The van der Waals surface area contributed by atoms with E-state index in [2.05, 4.69) is 27.4 Å². The minimum absolute atomic E-state index is 0. The smallest absolute Gasteiger partial charge is 0.272 e. The number of aromatic nitrogens is 2. The van der Waals surface area contributed by atoms with Gasteiger partial charge in [-0.3, -0.25) is 9.89 Å². The van der Waals surface area contributed by atoms with Crippen LogP contribution in [0.1, 0.15) is 35.1 Å². The Hall–Kier alpha value is -1.33. The molecule has 3 N–H and O–H groups in total. The van der Waals surface area contributed by atoms with Crippen LogP contribution in [-0.4, -0.2) is 28.7 Å². The Labute approximate surface area is 113 Å². The minimum atomic E-state index is -0.111. The van der Waals surface area contributed by atoms with E-state index in [4.69, 9.17) is 0 Å². The normalized spacial score (nSPS) is 15.2. The standard InChI is InChI=1S/C12H18N4O.ClH/c1-3-4-8(2)14-12(17)11-9-7-13-6-5-10(9)15-16-11;/h3,8,13H,1,4-7H2,2H3,(H,14,17)(H,15,16);1H. The van der Waals surface area contributed by atoms with Gasteiger partial charge in [-0.1, -0.05) is 6.08 Å². The molecule has 5 nitrogen and oxygen atoms in total.